The van der Waals surface area contributed by atoms with Gasteiger partial charge in [-0.15, -0.1) is 0 Å². The Balaban J connectivity index is 1.79. The maximum absolute atomic E-state index is 10.8. The van der Waals surface area contributed by atoms with Gasteiger partial charge >= 0.3 is 0 Å². The molecule has 0 saturated heterocycles. The molecule has 0 aromatic rings. The maximum atomic E-state index is 10.8. The first kappa shape index (κ1) is 8.28. The van der Waals surface area contributed by atoms with Gasteiger partial charge in [-0.1, -0.05) is 12.8 Å². The minimum atomic E-state index is -0.198. The van der Waals surface area contributed by atoms with Crippen LogP contribution < -0.4 is 0 Å². The minimum absolute atomic E-state index is 0.198. The van der Waals surface area contributed by atoms with Gasteiger partial charge in [0.15, 0.2) is 0 Å². The molecule has 0 radical (unpaired) electrons. The molecule has 3 aliphatic carbocycles. The highest BCUT2D eigenvalue weighted by Crippen LogP contribution is 2.58. The Labute approximate surface area is 80.5 Å². The van der Waals surface area contributed by atoms with Crippen molar-refractivity contribution in [1.29, 1.82) is 0 Å². The second kappa shape index (κ2) is 2.73. The minimum Gasteiger partial charge on any atom is -0.389 e. The van der Waals surface area contributed by atoms with Crippen LogP contribution in [0, 0.1) is 17.8 Å². The maximum Gasteiger partial charge on any atom is 0.0731 e. The third-order valence-corrected chi connectivity index (χ3v) is 4.47. The molecule has 3 rings (SSSR count). The number of aliphatic hydroxyl groups is 1. The summed E-state index contributed by atoms with van der Waals surface area (Å²) in [4.78, 5) is 0. The van der Waals surface area contributed by atoms with E-state index in [4.69, 9.17) is 0 Å². The molecule has 0 atom stereocenters. The molecule has 0 spiro atoms. The fourth-order valence-corrected chi connectivity index (χ4v) is 3.48. The van der Waals surface area contributed by atoms with Gasteiger partial charge in [-0.05, 0) is 56.3 Å². The van der Waals surface area contributed by atoms with Crippen LogP contribution in [0.25, 0.3) is 0 Å². The van der Waals surface area contributed by atoms with Gasteiger partial charge in [-0.3, -0.25) is 0 Å². The largest absolute Gasteiger partial charge is 0.389 e. The van der Waals surface area contributed by atoms with Crippen LogP contribution in [0.4, 0.5) is 0 Å². The predicted octanol–water partition coefficient (Wildman–Crippen LogP) is 2.73. The lowest BCUT2D eigenvalue weighted by molar-refractivity contribution is -0.0572. The summed E-state index contributed by atoms with van der Waals surface area (Å²) in [6.07, 6.45) is 10.6. The molecule has 3 aliphatic rings. The summed E-state index contributed by atoms with van der Waals surface area (Å²) >= 11 is 0. The van der Waals surface area contributed by atoms with Crippen LogP contribution in [0.2, 0.25) is 0 Å². The normalized spacial score (nSPS) is 31.2. The zero-order chi connectivity index (χ0) is 8.89. The Kier molecular flexibility index (Phi) is 1.74. The van der Waals surface area contributed by atoms with E-state index < -0.39 is 0 Å². The van der Waals surface area contributed by atoms with E-state index in [1.54, 1.807) is 0 Å². The summed E-state index contributed by atoms with van der Waals surface area (Å²) in [5.74, 6) is 2.07. The third-order valence-electron chi connectivity index (χ3n) is 4.47. The second-order valence-electron chi connectivity index (χ2n) is 5.42. The van der Waals surface area contributed by atoms with Gasteiger partial charge in [0.2, 0.25) is 0 Å². The highest BCUT2D eigenvalue weighted by molar-refractivity contribution is 5.07. The van der Waals surface area contributed by atoms with E-state index in [0.29, 0.717) is 17.8 Å². The van der Waals surface area contributed by atoms with Crippen LogP contribution in [0.1, 0.15) is 51.4 Å². The van der Waals surface area contributed by atoms with E-state index in [9.17, 15) is 5.11 Å². The summed E-state index contributed by atoms with van der Waals surface area (Å²) in [6.45, 7) is 0. The summed E-state index contributed by atoms with van der Waals surface area (Å²) < 4.78 is 0. The Morgan fingerprint density at radius 3 is 1.46 bits per heavy atom. The Morgan fingerprint density at radius 2 is 1.08 bits per heavy atom. The third kappa shape index (κ3) is 1.24. The van der Waals surface area contributed by atoms with Crippen molar-refractivity contribution in [3.05, 3.63) is 0 Å². The van der Waals surface area contributed by atoms with E-state index in [1.165, 1.54) is 51.4 Å². The Hall–Kier alpha value is -0.0400. The Bertz CT molecular complexity index is 185. The standard InChI is InChI=1S/C12H20O/c13-12(10-5-6-10,11-7-8-11)9-3-1-2-4-9/h9-11,13H,1-8H2. The zero-order valence-corrected chi connectivity index (χ0v) is 8.34. The van der Waals surface area contributed by atoms with Gasteiger partial charge < -0.3 is 5.11 Å². The molecule has 1 N–H and O–H groups in total. The first-order chi connectivity index (χ1) is 6.32. The van der Waals surface area contributed by atoms with Crippen LogP contribution in [0.3, 0.4) is 0 Å². The number of rotatable bonds is 3. The van der Waals surface area contributed by atoms with E-state index >= 15 is 0 Å². The fourth-order valence-electron chi connectivity index (χ4n) is 3.48. The molecule has 74 valence electrons. The molecule has 0 aromatic carbocycles. The van der Waals surface area contributed by atoms with Gasteiger partial charge in [-0.2, -0.15) is 0 Å². The van der Waals surface area contributed by atoms with Gasteiger partial charge in [0.1, 0.15) is 0 Å². The van der Waals surface area contributed by atoms with Gasteiger partial charge in [0, 0.05) is 0 Å². The zero-order valence-electron chi connectivity index (χ0n) is 8.34. The van der Waals surface area contributed by atoms with Crippen molar-refractivity contribution in [1.82, 2.24) is 0 Å². The van der Waals surface area contributed by atoms with Gasteiger partial charge in [-0.25, -0.2) is 0 Å². The van der Waals surface area contributed by atoms with Gasteiger partial charge in [0.05, 0.1) is 5.60 Å². The molecule has 0 amide bonds. The average molecular weight is 180 g/mol. The number of hydrogen-bond donors (Lipinski definition) is 1. The van der Waals surface area contributed by atoms with E-state index in [0.717, 1.165) is 0 Å². The SMILES string of the molecule is OC(C1CCCC1)(C1CC1)C1CC1. The lowest BCUT2D eigenvalue weighted by atomic mass is 9.78. The van der Waals surface area contributed by atoms with E-state index in [2.05, 4.69) is 0 Å². The first-order valence-electron chi connectivity index (χ1n) is 6.04. The molecule has 3 saturated carbocycles. The quantitative estimate of drug-likeness (QED) is 0.708. The van der Waals surface area contributed by atoms with Gasteiger partial charge in [0.25, 0.3) is 0 Å². The van der Waals surface area contributed by atoms with Crippen LogP contribution >= 0.6 is 0 Å². The average Bonchev–Trinajstić information content (AvgIpc) is 3.01. The van der Waals surface area contributed by atoms with Crippen molar-refractivity contribution in [2.75, 3.05) is 0 Å². The lowest BCUT2D eigenvalue weighted by Gasteiger charge is -2.34. The Morgan fingerprint density at radius 1 is 0.692 bits per heavy atom. The summed E-state index contributed by atoms with van der Waals surface area (Å²) in [5, 5.41) is 10.8. The second-order valence-corrected chi connectivity index (χ2v) is 5.42. The molecule has 0 aromatic heterocycles. The molecule has 0 aliphatic heterocycles. The van der Waals surface area contributed by atoms with E-state index in [1.807, 2.05) is 0 Å². The smallest absolute Gasteiger partial charge is 0.0731 e. The molecule has 0 heterocycles. The molecule has 1 nitrogen and oxygen atoms in total. The predicted molar refractivity (Wildman–Crippen MR) is 52.4 cm³/mol. The molecule has 1 heteroatoms. The highest BCUT2D eigenvalue weighted by atomic mass is 16.3. The van der Waals surface area contributed by atoms with Crippen LogP contribution in [-0.4, -0.2) is 10.7 Å². The first-order valence-corrected chi connectivity index (χ1v) is 6.04. The van der Waals surface area contributed by atoms with Crippen molar-refractivity contribution >= 4 is 0 Å². The summed E-state index contributed by atoms with van der Waals surface area (Å²) in [7, 11) is 0. The fraction of sp³-hybridized carbons (Fsp3) is 1.00. The summed E-state index contributed by atoms with van der Waals surface area (Å²) in [5.41, 5.74) is -0.198. The van der Waals surface area contributed by atoms with Crippen molar-refractivity contribution in [2.45, 2.75) is 57.0 Å². The monoisotopic (exact) mass is 180 g/mol. The molecular formula is C12H20O. The van der Waals surface area contributed by atoms with E-state index in [-0.39, 0.29) is 5.60 Å². The molecular weight excluding hydrogens is 160 g/mol. The molecule has 0 unspecified atom stereocenters. The van der Waals surface area contributed by atoms with Crippen LogP contribution in [0.15, 0.2) is 0 Å². The molecule has 13 heavy (non-hydrogen) atoms. The summed E-state index contributed by atoms with van der Waals surface area (Å²) in [6, 6.07) is 0. The highest BCUT2D eigenvalue weighted by Gasteiger charge is 2.57. The molecule has 0 bridgehead atoms. The van der Waals surface area contributed by atoms with Crippen molar-refractivity contribution < 1.29 is 5.11 Å². The van der Waals surface area contributed by atoms with Crippen molar-refractivity contribution in [2.24, 2.45) is 17.8 Å². The van der Waals surface area contributed by atoms with Crippen molar-refractivity contribution in [3.8, 4) is 0 Å². The van der Waals surface area contributed by atoms with Crippen LogP contribution in [0.5, 0.6) is 0 Å². The topological polar surface area (TPSA) is 20.2 Å². The van der Waals surface area contributed by atoms with Crippen LogP contribution in [-0.2, 0) is 0 Å². The van der Waals surface area contributed by atoms with Crippen molar-refractivity contribution in [3.63, 3.8) is 0 Å². The lowest BCUT2D eigenvalue weighted by Crippen LogP contribution is -2.41. The number of hydrogen-bond acceptors (Lipinski definition) is 1. The molecule has 3 fully saturated rings.